The maximum absolute atomic E-state index is 11.6. The number of esters is 1. The predicted octanol–water partition coefficient (Wildman–Crippen LogP) is 2.39. The van der Waals surface area contributed by atoms with Gasteiger partial charge in [-0.2, -0.15) is 9.61 Å². The molecule has 2 heterocycles. The molecule has 0 atom stereocenters. The SMILES string of the molecule is COC(=O)C1CCC(Nc2cc(C(C)C)nn3cnnc23)CC1. The van der Waals surface area contributed by atoms with Gasteiger partial charge >= 0.3 is 5.97 Å². The fraction of sp³-hybridized carbons (Fsp3) is 0.625. The molecule has 0 aromatic carbocycles. The Morgan fingerprint density at radius 1 is 1.35 bits per heavy atom. The van der Waals surface area contributed by atoms with Crippen molar-refractivity contribution in [3.8, 4) is 0 Å². The summed E-state index contributed by atoms with van der Waals surface area (Å²) in [6, 6.07) is 2.39. The van der Waals surface area contributed by atoms with Crippen LogP contribution in [0.3, 0.4) is 0 Å². The van der Waals surface area contributed by atoms with Gasteiger partial charge in [0.1, 0.15) is 6.33 Å². The van der Waals surface area contributed by atoms with E-state index in [1.807, 2.05) is 0 Å². The summed E-state index contributed by atoms with van der Waals surface area (Å²) in [5.74, 6) is 0.279. The van der Waals surface area contributed by atoms with E-state index in [2.05, 4.69) is 40.5 Å². The van der Waals surface area contributed by atoms with E-state index in [1.165, 1.54) is 7.11 Å². The van der Waals surface area contributed by atoms with E-state index in [0.717, 1.165) is 42.7 Å². The van der Waals surface area contributed by atoms with Crippen molar-refractivity contribution in [3.05, 3.63) is 18.1 Å². The number of fused-ring (bicyclic) bond motifs is 1. The maximum Gasteiger partial charge on any atom is 0.308 e. The standard InChI is InChI=1S/C16H23N5O2/c1-10(2)13-8-14(15-19-17-9-21(15)20-13)18-12-6-4-11(5-7-12)16(22)23-3/h8-12,18H,4-7H2,1-3H3. The number of hydrogen-bond donors (Lipinski definition) is 1. The molecule has 0 bridgehead atoms. The molecule has 23 heavy (non-hydrogen) atoms. The molecule has 3 rings (SSSR count). The number of rotatable bonds is 4. The average Bonchev–Trinajstić information content (AvgIpc) is 3.03. The molecule has 0 unspecified atom stereocenters. The number of aromatic nitrogens is 4. The second kappa shape index (κ2) is 6.52. The number of nitrogens with zero attached hydrogens (tertiary/aromatic N) is 4. The van der Waals surface area contributed by atoms with Gasteiger partial charge in [0, 0.05) is 6.04 Å². The first-order valence-electron chi connectivity index (χ1n) is 8.13. The molecule has 0 aliphatic heterocycles. The predicted molar refractivity (Wildman–Crippen MR) is 86.3 cm³/mol. The van der Waals surface area contributed by atoms with Crippen LogP contribution in [0, 0.1) is 5.92 Å². The molecule has 1 aliphatic carbocycles. The van der Waals surface area contributed by atoms with Gasteiger partial charge in [0.25, 0.3) is 0 Å². The highest BCUT2D eigenvalue weighted by Gasteiger charge is 2.27. The average molecular weight is 317 g/mol. The smallest absolute Gasteiger partial charge is 0.308 e. The molecule has 0 saturated heterocycles. The molecule has 124 valence electrons. The first-order chi connectivity index (χ1) is 11.1. The maximum atomic E-state index is 11.6. The number of anilines is 1. The van der Waals surface area contributed by atoms with Crippen LogP contribution in [-0.4, -0.2) is 38.9 Å². The minimum absolute atomic E-state index is 0.0369. The number of carbonyl (C=O) groups excluding carboxylic acids is 1. The summed E-state index contributed by atoms with van der Waals surface area (Å²) in [4.78, 5) is 11.6. The molecule has 7 heteroatoms. The van der Waals surface area contributed by atoms with Crippen LogP contribution in [-0.2, 0) is 9.53 Å². The van der Waals surface area contributed by atoms with Crippen molar-refractivity contribution in [2.24, 2.45) is 5.92 Å². The van der Waals surface area contributed by atoms with Crippen molar-refractivity contribution in [1.29, 1.82) is 0 Å². The van der Waals surface area contributed by atoms with Gasteiger partial charge < -0.3 is 10.1 Å². The van der Waals surface area contributed by atoms with E-state index in [1.54, 1.807) is 10.8 Å². The first kappa shape index (κ1) is 15.7. The third kappa shape index (κ3) is 3.28. The van der Waals surface area contributed by atoms with Gasteiger partial charge in [0.15, 0.2) is 0 Å². The fourth-order valence-electron chi connectivity index (χ4n) is 3.09. The van der Waals surface area contributed by atoms with E-state index in [-0.39, 0.29) is 11.9 Å². The zero-order valence-corrected chi connectivity index (χ0v) is 13.8. The molecule has 7 nitrogen and oxygen atoms in total. The highest BCUT2D eigenvalue weighted by atomic mass is 16.5. The number of nitrogens with one attached hydrogen (secondary N) is 1. The van der Waals surface area contributed by atoms with Gasteiger partial charge in [0.2, 0.25) is 5.65 Å². The van der Waals surface area contributed by atoms with Gasteiger partial charge in [-0.3, -0.25) is 4.79 Å². The Balaban J connectivity index is 1.74. The van der Waals surface area contributed by atoms with Gasteiger partial charge in [-0.1, -0.05) is 13.8 Å². The molecule has 0 radical (unpaired) electrons. The summed E-state index contributed by atoms with van der Waals surface area (Å²) in [6.07, 6.45) is 5.23. The third-order valence-electron chi connectivity index (χ3n) is 4.50. The monoisotopic (exact) mass is 317 g/mol. The van der Waals surface area contributed by atoms with E-state index in [0.29, 0.717) is 12.0 Å². The van der Waals surface area contributed by atoms with Crippen molar-refractivity contribution in [3.63, 3.8) is 0 Å². The van der Waals surface area contributed by atoms with E-state index >= 15 is 0 Å². The van der Waals surface area contributed by atoms with Gasteiger partial charge in [-0.15, -0.1) is 10.2 Å². The number of hydrogen-bond acceptors (Lipinski definition) is 6. The highest BCUT2D eigenvalue weighted by molar-refractivity contribution is 5.72. The largest absolute Gasteiger partial charge is 0.469 e. The summed E-state index contributed by atoms with van der Waals surface area (Å²) in [5.41, 5.74) is 2.70. The quantitative estimate of drug-likeness (QED) is 0.872. The number of carbonyl (C=O) groups is 1. The minimum atomic E-state index is -0.0886. The molecule has 1 fully saturated rings. The minimum Gasteiger partial charge on any atom is -0.469 e. The van der Waals surface area contributed by atoms with Crippen LogP contribution in [0.15, 0.2) is 12.4 Å². The highest BCUT2D eigenvalue weighted by Crippen LogP contribution is 2.29. The zero-order valence-electron chi connectivity index (χ0n) is 13.8. The van der Waals surface area contributed by atoms with Gasteiger partial charge in [-0.25, -0.2) is 0 Å². The molecule has 1 aliphatic rings. The Labute approximate surface area is 135 Å². The molecule has 2 aromatic heterocycles. The second-order valence-corrected chi connectivity index (χ2v) is 6.45. The van der Waals surface area contributed by atoms with Crippen LogP contribution in [0.4, 0.5) is 5.69 Å². The second-order valence-electron chi connectivity index (χ2n) is 6.45. The van der Waals surface area contributed by atoms with Crippen LogP contribution < -0.4 is 5.32 Å². The Bertz CT molecular complexity index is 689. The normalized spacial score (nSPS) is 21.6. The summed E-state index contributed by atoms with van der Waals surface area (Å²) >= 11 is 0. The molecule has 1 N–H and O–H groups in total. The number of ether oxygens (including phenoxy) is 1. The Morgan fingerprint density at radius 3 is 2.74 bits per heavy atom. The Hall–Kier alpha value is -2.18. The lowest BCUT2D eigenvalue weighted by Crippen LogP contribution is -2.30. The van der Waals surface area contributed by atoms with Gasteiger partial charge in [-0.05, 0) is 37.7 Å². The van der Waals surface area contributed by atoms with Crippen LogP contribution in [0.25, 0.3) is 5.65 Å². The zero-order chi connectivity index (χ0) is 16.4. The van der Waals surface area contributed by atoms with E-state index < -0.39 is 0 Å². The van der Waals surface area contributed by atoms with Crippen LogP contribution >= 0.6 is 0 Å². The van der Waals surface area contributed by atoms with Crippen molar-refractivity contribution < 1.29 is 9.53 Å². The summed E-state index contributed by atoms with van der Waals surface area (Å²) in [5, 5.41) is 16.2. The summed E-state index contributed by atoms with van der Waals surface area (Å²) in [7, 11) is 1.46. The lowest BCUT2D eigenvalue weighted by Gasteiger charge is -2.28. The number of methoxy groups -OCH3 is 1. The van der Waals surface area contributed by atoms with Crippen molar-refractivity contribution >= 4 is 17.3 Å². The molecular weight excluding hydrogens is 294 g/mol. The molecule has 0 amide bonds. The topological polar surface area (TPSA) is 81.4 Å². The van der Waals surface area contributed by atoms with Crippen molar-refractivity contribution in [2.75, 3.05) is 12.4 Å². The lowest BCUT2D eigenvalue weighted by molar-refractivity contribution is -0.146. The first-order valence-corrected chi connectivity index (χ1v) is 8.13. The Morgan fingerprint density at radius 2 is 2.09 bits per heavy atom. The summed E-state index contributed by atoms with van der Waals surface area (Å²) in [6.45, 7) is 4.23. The fourth-order valence-corrected chi connectivity index (χ4v) is 3.09. The van der Waals surface area contributed by atoms with Crippen molar-refractivity contribution in [1.82, 2.24) is 19.8 Å². The Kier molecular flexibility index (Phi) is 4.45. The van der Waals surface area contributed by atoms with Crippen molar-refractivity contribution in [2.45, 2.75) is 51.5 Å². The van der Waals surface area contributed by atoms with Crippen LogP contribution in [0.5, 0.6) is 0 Å². The summed E-state index contributed by atoms with van der Waals surface area (Å²) < 4.78 is 6.56. The molecular formula is C16H23N5O2. The lowest BCUT2D eigenvalue weighted by atomic mass is 9.86. The molecule has 1 saturated carbocycles. The van der Waals surface area contributed by atoms with Crippen LogP contribution in [0.1, 0.15) is 51.1 Å². The third-order valence-corrected chi connectivity index (χ3v) is 4.50. The van der Waals surface area contributed by atoms with E-state index in [4.69, 9.17) is 4.74 Å². The van der Waals surface area contributed by atoms with Crippen LogP contribution in [0.2, 0.25) is 0 Å². The van der Waals surface area contributed by atoms with E-state index in [9.17, 15) is 4.79 Å². The van der Waals surface area contributed by atoms with Gasteiger partial charge in [0.05, 0.1) is 24.4 Å². The molecule has 2 aromatic rings. The molecule has 0 spiro atoms.